The van der Waals surface area contributed by atoms with E-state index in [1.165, 1.54) is 4.90 Å². The van der Waals surface area contributed by atoms with Gasteiger partial charge in [-0.15, -0.1) is 0 Å². The fourth-order valence-electron chi connectivity index (χ4n) is 3.48. The highest BCUT2D eigenvalue weighted by molar-refractivity contribution is 5.51. The Balaban J connectivity index is 1.96. The van der Waals surface area contributed by atoms with Crippen molar-refractivity contribution >= 4 is 5.69 Å². The largest absolute Gasteiger partial charge is 0.361 e. The molecule has 0 aliphatic carbocycles. The molecule has 2 nitrogen and oxygen atoms in total. The van der Waals surface area contributed by atoms with Gasteiger partial charge in [0.15, 0.2) is 23.3 Å². The lowest BCUT2D eigenvalue weighted by atomic mass is 9.96. The van der Waals surface area contributed by atoms with E-state index in [0.29, 0.717) is 13.1 Å². The first-order valence-corrected chi connectivity index (χ1v) is 7.32. The summed E-state index contributed by atoms with van der Waals surface area (Å²) in [4.78, 5) is 3.78. The fourth-order valence-corrected chi connectivity index (χ4v) is 3.48. The van der Waals surface area contributed by atoms with E-state index in [9.17, 15) is 17.6 Å². The number of halogens is 4. The summed E-state index contributed by atoms with van der Waals surface area (Å²) in [6.07, 6.45) is 3.15. The lowest BCUT2D eigenvalue weighted by molar-refractivity contribution is 0.114. The number of hydrogen-bond donors (Lipinski definition) is 0. The first-order chi connectivity index (χ1) is 9.99. The minimum atomic E-state index is -1.35. The Kier molecular flexibility index (Phi) is 3.82. The van der Waals surface area contributed by atoms with Crippen LogP contribution < -0.4 is 4.90 Å². The van der Waals surface area contributed by atoms with Crippen LogP contribution in [0.1, 0.15) is 26.2 Å². The molecule has 2 atom stereocenters. The number of piperidine rings is 1. The fraction of sp³-hybridized carbons (Fsp3) is 0.600. The van der Waals surface area contributed by atoms with Crippen molar-refractivity contribution in [3.05, 3.63) is 29.3 Å². The highest BCUT2D eigenvalue weighted by Crippen LogP contribution is 2.33. The minimum absolute atomic E-state index is 0.190. The lowest BCUT2D eigenvalue weighted by Crippen LogP contribution is -2.59. The molecule has 21 heavy (non-hydrogen) atoms. The van der Waals surface area contributed by atoms with Crippen molar-refractivity contribution in [3.63, 3.8) is 0 Å². The Morgan fingerprint density at radius 1 is 1.00 bits per heavy atom. The molecule has 2 unspecified atom stereocenters. The van der Waals surface area contributed by atoms with Crippen molar-refractivity contribution < 1.29 is 17.6 Å². The summed E-state index contributed by atoms with van der Waals surface area (Å²) in [5.74, 6) is -5.29. The van der Waals surface area contributed by atoms with Gasteiger partial charge in [0.05, 0.1) is 0 Å². The van der Waals surface area contributed by atoms with Gasteiger partial charge >= 0.3 is 0 Å². The zero-order valence-corrected chi connectivity index (χ0v) is 11.9. The van der Waals surface area contributed by atoms with E-state index in [2.05, 4.69) is 4.90 Å². The Hall–Kier alpha value is -1.30. The molecule has 1 aromatic carbocycles. The van der Waals surface area contributed by atoms with Gasteiger partial charge in [0.2, 0.25) is 0 Å². The summed E-state index contributed by atoms with van der Waals surface area (Å²) >= 11 is 0. The van der Waals surface area contributed by atoms with Gasteiger partial charge in [0.25, 0.3) is 0 Å². The van der Waals surface area contributed by atoms with Crippen LogP contribution in [0.5, 0.6) is 0 Å². The molecule has 2 saturated heterocycles. The summed E-state index contributed by atoms with van der Waals surface area (Å²) < 4.78 is 54.8. The van der Waals surface area contributed by atoms with Crippen molar-refractivity contribution in [1.82, 2.24) is 4.90 Å². The number of anilines is 1. The van der Waals surface area contributed by atoms with E-state index in [1.807, 2.05) is 6.92 Å². The normalized spacial score (nSPS) is 26.8. The van der Waals surface area contributed by atoms with Crippen LogP contribution in [-0.4, -0.2) is 36.6 Å². The van der Waals surface area contributed by atoms with Crippen LogP contribution >= 0.6 is 0 Å². The number of hydrogen-bond acceptors (Lipinski definition) is 2. The maximum atomic E-state index is 14.0. The van der Waals surface area contributed by atoms with Crippen LogP contribution in [0.2, 0.25) is 0 Å². The SMILES string of the molecule is CC1CN2CCCCC2CN1c1c(F)c(F)cc(F)c1F. The number of nitrogens with zero attached hydrogens (tertiary/aromatic N) is 2. The second kappa shape index (κ2) is 5.48. The zero-order chi connectivity index (χ0) is 15.1. The first-order valence-electron chi connectivity index (χ1n) is 7.32. The number of benzene rings is 1. The van der Waals surface area contributed by atoms with Crippen LogP contribution in [0.4, 0.5) is 23.2 Å². The Bertz CT molecular complexity index is 523. The minimum Gasteiger partial charge on any atom is -0.361 e. The molecule has 1 aromatic rings. The van der Waals surface area contributed by atoms with Crippen LogP contribution in [0.15, 0.2) is 6.07 Å². The summed E-state index contributed by atoms with van der Waals surface area (Å²) in [6, 6.07) is 0.264. The zero-order valence-electron chi connectivity index (χ0n) is 11.9. The van der Waals surface area contributed by atoms with E-state index in [0.717, 1.165) is 25.8 Å². The standard InChI is InChI=1S/C15H18F4N2/c1-9-7-20-5-3-2-4-10(20)8-21(9)15-13(18)11(16)6-12(17)14(15)19/h6,9-10H,2-5,7-8H2,1H3. The van der Waals surface area contributed by atoms with Gasteiger partial charge in [0.1, 0.15) is 5.69 Å². The number of rotatable bonds is 1. The van der Waals surface area contributed by atoms with Gasteiger partial charge in [-0.05, 0) is 26.3 Å². The van der Waals surface area contributed by atoms with Gasteiger partial charge in [-0.25, -0.2) is 17.6 Å². The molecule has 0 aromatic heterocycles. The summed E-state index contributed by atoms with van der Waals surface area (Å²) in [5.41, 5.74) is -0.565. The summed E-state index contributed by atoms with van der Waals surface area (Å²) in [7, 11) is 0. The molecule has 2 fully saturated rings. The third kappa shape index (κ3) is 2.50. The Morgan fingerprint density at radius 2 is 1.67 bits per heavy atom. The molecule has 2 heterocycles. The highest BCUT2D eigenvalue weighted by atomic mass is 19.2. The van der Waals surface area contributed by atoms with E-state index in [1.54, 1.807) is 0 Å². The van der Waals surface area contributed by atoms with Crippen molar-refractivity contribution in [3.8, 4) is 0 Å². The number of piperazine rings is 1. The summed E-state index contributed by atoms with van der Waals surface area (Å²) in [6.45, 7) is 3.86. The van der Waals surface area contributed by atoms with E-state index in [4.69, 9.17) is 0 Å². The van der Waals surface area contributed by atoms with E-state index >= 15 is 0 Å². The molecule has 116 valence electrons. The van der Waals surface area contributed by atoms with Crippen molar-refractivity contribution in [2.45, 2.75) is 38.3 Å². The smallest absolute Gasteiger partial charge is 0.185 e. The predicted octanol–water partition coefficient (Wildman–Crippen LogP) is 3.31. The van der Waals surface area contributed by atoms with Gasteiger partial charge in [-0.1, -0.05) is 6.42 Å². The molecule has 2 aliphatic heterocycles. The van der Waals surface area contributed by atoms with E-state index < -0.39 is 29.0 Å². The van der Waals surface area contributed by atoms with Crippen molar-refractivity contribution in [2.24, 2.45) is 0 Å². The molecular weight excluding hydrogens is 284 g/mol. The molecule has 2 aliphatic rings. The second-order valence-electron chi connectivity index (χ2n) is 5.96. The molecule has 0 saturated carbocycles. The molecule has 0 spiro atoms. The van der Waals surface area contributed by atoms with Gasteiger partial charge < -0.3 is 4.90 Å². The van der Waals surface area contributed by atoms with Gasteiger partial charge in [0, 0.05) is 31.2 Å². The average molecular weight is 302 g/mol. The average Bonchev–Trinajstić information content (AvgIpc) is 2.46. The van der Waals surface area contributed by atoms with Crippen molar-refractivity contribution in [1.29, 1.82) is 0 Å². The first kappa shape index (κ1) is 14.6. The van der Waals surface area contributed by atoms with Crippen molar-refractivity contribution in [2.75, 3.05) is 24.5 Å². The third-order valence-corrected chi connectivity index (χ3v) is 4.56. The van der Waals surface area contributed by atoms with Gasteiger partial charge in [-0.3, -0.25) is 4.90 Å². The van der Waals surface area contributed by atoms with Gasteiger partial charge in [-0.2, -0.15) is 0 Å². The Labute approximate surface area is 121 Å². The third-order valence-electron chi connectivity index (χ3n) is 4.56. The molecule has 0 radical (unpaired) electrons. The quantitative estimate of drug-likeness (QED) is 0.580. The topological polar surface area (TPSA) is 6.48 Å². The monoisotopic (exact) mass is 302 g/mol. The molecule has 3 rings (SSSR count). The van der Waals surface area contributed by atoms with Crippen LogP contribution in [-0.2, 0) is 0 Å². The van der Waals surface area contributed by atoms with E-state index in [-0.39, 0.29) is 18.2 Å². The Morgan fingerprint density at radius 3 is 2.33 bits per heavy atom. The molecule has 6 heteroatoms. The second-order valence-corrected chi connectivity index (χ2v) is 5.96. The lowest BCUT2D eigenvalue weighted by Gasteiger charge is -2.48. The van der Waals surface area contributed by atoms with Crippen LogP contribution in [0, 0.1) is 23.3 Å². The van der Waals surface area contributed by atoms with Crippen LogP contribution in [0.3, 0.4) is 0 Å². The maximum absolute atomic E-state index is 14.0. The molecular formula is C15H18F4N2. The summed E-state index contributed by atoms with van der Waals surface area (Å²) in [5, 5.41) is 0. The number of fused-ring (bicyclic) bond motifs is 1. The molecule has 0 amide bonds. The molecule has 0 bridgehead atoms. The predicted molar refractivity (Wildman–Crippen MR) is 72.3 cm³/mol. The highest BCUT2D eigenvalue weighted by Gasteiger charge is 2.36. The van der Waals surface area contributed by atoms with Crippen LogP contribution in [0.25, 0.3) is 0 Å². The maximum Gasteiger partial charge on any atom is 0.185 e. The molecule has 0 N–H and O–H groups in total.